The van der Waals surface area contributed by atoms with Crippen molar-refractivity contribution in [3.8, 4) is 11.5 Å². The number of rotatable bonds is 10. The van der Waals surface area contributed by atoms with Crippen LogP contribution in [0.2, 0.25) is 0 Å². The lowest BCUT2D eigenvalue weighted by Crippen LogP contribution is -2.27. The van der Waals surface area contributed by atoms with Gasteiger partial charge in [0.05, 0.1) is 6.54 Å². The summed E-state index contributed by atoms with van der Waals surface area (Å²) >= 11 is 0. The van der Waals surface area contributed by atoms with E-state index in [2.05, 4.69) is 27.0 Å². The van der Waals surface area contributed by atoms with Crippen LogP contribution >= 0.6 is 0 Å². The van der Waals surface area contributed by atoms with Crippen molar-refractivity contribution in [1.29, 1.82) is 0 Å². The summed E-state index contributed by atoms with van der Waals surface area (Å²) in [4.78, 5) is 10.7. The number of nitrogens with zero attached hydrogens (tertiary/aromatic N) is 5. The van der Waals surface area contributed by atoms with E-state index in [1.165, 1.54) is 25.3 Å². The highest BCUT2D eigenvalue weighted by Gasteiger charge is 2.23. The Morgan fingerprint density at radius 2 is 1.76 bits per heavy atom. The predicted molar refractivity (Wildman–Crippen MR) is 142 cm³/mol. The maximum atomic E-state index is 14.3. The SMILES string of the molecule is C=Cc1c(-c2nc(N)c(N(COC)Cc3ccc(F)cc3)c(N)n2)nn(Cc2ccccc2F)c1NC. The van der Waals surface area contributed by atoms with Crippen LogP contribution in [-0.2, 0) is 17.8 Å². The van der Waals surface area contributed by atoms with E-state index in [0.29, 0.717) is 34.9 Å². The fourth-order valence-electron chi connectivity index (χ4n) is 4.08. The number of ether oxygens (including phenoxy) is 1. The van der Waals surface area contributed by atoms with Crippen LogP contribution in [0.1, 0.15) is 16.7 Å². The Balaban J connectivity index is 1.73. The second-order valence-electron chi connectivity index (χ2n) is 8.22. The third kappa shape index (κ3) is 5.36. The van der Waals surface area contributed by atoms with Crippen molar-refractivity contribution >= 4 is 29.2 Å². The minimum Gasteiger partial charge on any atom is -0.382 e. The number of nitrogen functional groups attached to an aromatic ring is 2. The van der Waals surface area contributed by atoms with Gasteiger partial charge in [0.2, 0.25) is 0 Å². The molecule has 0 spiro atoms. The molecule has 4 rings (SSSR count). The molecule has 0 bridgehead atoms. The number of methoxy groups -OCH3 is 1. The molecule has 2 aromatic heterocycles. The molecule has 2 aromatic carbocycles. The second kappa shape index (κ2) is 11.0. The zero-order valence-electron chi connectivity index (χ0n) is 20.6. The molecule has 192 valence electrons. The molecule has 0 saturated heterocycles. The molecule has 11 heteroatoms. The van der Waals surface area contributed by atoms with Gasteiger partial charge < -0.3 is 26.4 Å². The minimum atomic E-state index is -0.338. The van der Waals surface area contributed by atoms with Crippen molar-refractivity contribution in [1.82, 2.24) is 19.7 Å². The lowest BCUT2D eigenvalue weighted by atomic mass is 10.2. The highest BCUT2D eigenvalue weighted by molar-refractivity contribution is 5.81. The number of halogens is 2. The van der Waals surface area contributed by atoms with Crippen molar-refractivity contribution in [2.45, 2.75) is 13.1 Å². The summed E-state index contributed by atoms with van der Waals surface area (Å²) in [5.74, 6) is 0.363. The van der Waals surface area contributed by atoms with Crippen molar-refractivity contribution in [2.24, 2.45) is 0 Å². The summed E-state index contributed by atoms with van der Waals surface area (Å²) in [5, 5.41) is 7.72. The molecule has 0 aliphatic heterocycles. The molecule has 9 nitrogen and oxygen atoms in total. The van der Waals surface area contributed by atoms with Gasteiger partial charge in [0, 0.05) is 31.8 Å². The van der Waals surface area contributed by atoms with Gasteiger partial charge in [-0.2, -0.15) is 5.10 Å². The number of nitrogens with two attached hydrogens (primary N) is 2. The van der Waals surface area contributed by atoms with Crippen LogP contribution in [0.25, 0.3) is 17.6 Å². The highest BCUT2D eigenvalue weighted by atomic mass is 19.1. The topological polar surface area (TPSA) is 120 Å². The number of hydrogen-bond acceptors (Lipinski definition) is 8. The first-order valence-corrected chi connectivity index (χ1v) is 11.4. The Kier molecular flexibility index (Phi) is 7.63. The van der Waals surface area contributed by atoms with Gasteiger partial charge in [0.25, 0.3) is 0 Å². The summed E-state index contributed by atoms with van der Waals surface area (Å²) in [7, 11) is 3.27. The molecule has 0 saturated carbocycles. The van der Waals surface area contributed by atoms with Gasteiger partial charge in [-0.05, 0) is 23.8 Å². The highest BCUT2D eigenvalue weighted by Crippen LogP contribution is 2.34. The van der Waals surface area contributed by atoms with E-state index in [9.17, 15) is 8.78 Å². The molecule has 5 N–H and O–H groups in total. The Hall–Kier alpha value is -4.51. The molecule has 0 radical (unpaired) electrons. The number of anilines is 4. The van der Waals surface area contributed by atoms with Gasteiger partial charge in [-0.25, -0.2) is 23.4 Å². The molecule has 0 unspecified atom stereocenters. The largest absolute Gasteiger partial charge is 0.382 e. The van der Waals surface area contributed by atoms with Gasteiger partial charge in [-0.3, -0.25) is 0 Å². The molecule has 37 heavy (non-hydrogen) atoms. The molecular weight excluding hydrogens is 478 g/mol. The van der Waals surface area contributed by atoms with E-state index in [-0.39, 0.29) is 42.4 Å². The average Bonchev–Trinajstić information content (AvgIpc) is 3.23. The average molecular weight is 507 g/mol. The quantitative estimate of drug-likeness (QED) is 0.275. The Bertz CT molecular complexity index is 1380. The lowest BCUT2D eigenvalue weighted by Gasteiger charge is -2.26. The maximum Gasteiger partial charge on any atom is 0.184 e. The van der Waals surface area contributed by atoms with Crippen molar-refractivity contribution in [3.05, 3.63) is 83.4 Å². The monoisotopic (exact) mass is 506 g/mol. The fraction of sp³-hybridized carbons (Fsp3) is 0.192. The normalized spacial score (nSPS) is 10.9. The van der Waals surface area contributed by atoms with Crippen LogP contribution < -0.4 is 21.7 Å². The van der Waals surface area contributed by atoms with Crippen LogP contribution in [0.4, 0.5) is 31.9 Å². The molecule has 2 heterocycles. The summed E-state index contributed by atoms with van der Waals surface area (Å²) in [6.45, 7) is 4.55. The first-order chi connectivity index (χ1) is 17.9. The summed E-state index contributed by atoms with van der Waals surface area (Å²) in [6, 6.07) is 12.6. The first-order valence-electron chi connectivity index (χ1n) is 11.4. The number of benzene rings is 2. The van der Waals surface area contributed by atoms with E-state index in [1.807, 2.05) is 0 Å². The molecular formula is C26H28F2N8O. The zero-order valence-corrected chi connectivity index (χ0v) is 20.6. The third-order valence-electron chi connectivity index (χ3n) is 5.75. The number of aromatic nitrogens is 4. The number of hydrogen-bond donors (Lipinski definition) is 3. The smallest absolute Gasteiger partial charge is 0.184 e. The number of nitrogens with one attached hydrogen (secondary N) is 1. The summed E-state index contributed by atoms with van der Waals surface area (Å²) in [6.07, 6.45) is 1.61. The van der Waals surface area contributed by atoms with Gasteiger partial charge in [0.1, 0.15) is 35.6 Å². The third-order valence-corrected chi connectivity index (χ3v) is 5.75. The van der Waals surface area contributed by atoms with Crippen LogP contribution in [0.15, 0.2) is 55.1 Å². The zero-order chi connectivity index (χ0) is 26.5. The maximum absolute atomic E-state index is 14.3. The summed E-state index contributed by atoms with van der Waals surface area (Å²) < 4.78 is 34.6. The first kappa shape index (κ1) is 25.6. The second-order valence-corrected chi connectivity index (χ2v) is 8.22. The van der Waals surface area contributed by atoms with Gasteiger partial charge in [-0.1, -0.05) is 43.0 Å². The van der Waals surface area contributed by atoms with E-state index in [4.69, 9.17) is 16.2 Å². The fourth-order valence-corrected chi connectivity index (χ4v) is 4.08. The van der Waals surface area contributed by atoms with E-state index in [0.717, 1.165) is 5.56 Å². The van der Waals surface area contributed by atoms with Crippen molar-refractivity contribution in [3.63, 3.8) is 0 Å². The molecule has 0 fully saturated rings. The van der Waals surface area contributed by atoms with Gasteiger partial charge >= 0.3 is 0 Å². The van der Waals surface area contributed by atoms with E-state index in [1.54, 1.807) is 53.0 Å². The Morgan fingerprint density at radius 1 is 1.08 bits per heavy atom. The molecule has 0 aliphatic rings. The van der Waals surface area contributed by atoms with Gasteiger partial charge in [-0.15, -0.1) is 0 Å². The van der Waals surface area contributed by atoms with E-state index < -0.39 is 0 Å². The Morgan fingerprint density at radius 3 is 2.35 bits per heavy atom. The van der Waals surface area contributed by atoms with Crippen LogP contribution in [0, 0.1) is 11.6 Å². The van der Waals surface area contributed by atoms with Crippen molar-refractivity contribution in [2.75, 3.05) is 42.6 Å². The van der Waals surface area contributed by atoms with Crippen LogP contribution in [0.5, 0.6) is 0 Å². The predicted octanol–water partition coefficient (Wildman–Crippen LogP) is 4.13. The standard InChI is InChI=1S/C26H28F2N8O/c1-4-19-21(34-36(26(19)31-2)14-17-7-5-6-8-20(17)28)25-32-23(29)22(24(30)33-25)35(15-37-3)13-16-9-11-18(27)12-10-16/h4-12,31H,1,13-15H2,2-3H3,(H4,29,30,32,33). The molecule has 4 aromatic rings. The lowest BCUT2D eigenvalue weighted by molar-refractivity contribution is 0.196. The van der Waals surface area contributed by atoms with Gasteiger partial charge in [0.15, 0.2) is 17.5 Å². The molecule has 0 amide bonds. The molecule has 0 atom stereocenters. The van der Waals surface area contributed by atoms with Crippen LogP contribution in [0.3, 0.4) is 0 Å². The summed E-state index contributed by atoms with van der Waals surface area (Å²) in [5.41, 5.74) is 15.4. The van der Waals surface area contributed by atoms with Crippen molar-refractivity contribution < 1.29 is 13.5 Å². The Labute approximate surface area is 213 Å². The molecule has 0 aliphatic carbocycles. The minimum absolute atomic E-state index is 0.117. The van der Waals surface area contributed by atoms with Crippen LogP contribution in [-0.4, -0.2) is 40.6 Å². The van der Waals surface area contributed by atoms with E-state index >= 15 is 0 Å².